The van der Waals surface area contributed by atoms with Crippen molar-refractivity contribution in [3.8, 4) is 33.8 Å². The average Bonchev–Trinajstić information content (AvgIpc) is 1.61. The number of hydrogen-bond acceptors (Lipinski definition) is 19. The predicted octanol–water partition coefficient (Wildman–Crippen LogP) is 16.9. The Hall–Kier alpha value is -10.1. The SMILES string of the molecule is CC(C)(C)OC(=O)CNCc1ccccc1F.CC(C)(C)OC(=O)NN.CCOC(=O)c1c(-c2c(F)cccc2Cl)noc1-c1cnn(Cc2ccccc2F)c1C(F)(F)F.CCOC(=O)c1c(-c2c(F)cccc2Cl)noc1/C(=C/N(C)C)C(=O)C(F)(F)F.Fc1ccccc1CBr.NNCc1ccccc1F. The largest absolute Gasteiger partial charge is 0.462 e. The first-order valence-corrected chi connectivity index (χ1v) is 33.9. The lowest BCUT2D eigenvalue weighted by molar-refractivity contribution is -0.164. The van der Waals surface area contributed by atoms with Gasteiger partial charge in [0.2, 0.25) is 0 Å². The van der Waals surface area contributed by atoms with E-state index in [0.717, 1.165) is 35.5 Å². The molecule has 3 aromatic heterocycles. The number of carbonyl (C=O) groups is 5. The fraction of sp³-hybridized carbons (Fsp3) is 0.288. The molecule has 0 saturated heterocycles. The first-order chi connectivity index (χ1) is 51.1. The molecule has 21 nitrogen and oxygen atoms in total. The molecule has 6 aromatic carbocycles. The summed E-state index contributed by atoms with van der Waals surface area (Å²) in [5.74, 6) is 0.290. The van der Waals surface area contributed by atoms with Crippen molar-refractivity contribution >= 4 is 74.5 Å². The standard InChI is InChI=1S/C23H15ClF5N3O3.C18H15ClF4N2O4.C13H18FNO2.C7H6BrF.C7H9FN2.C5H12N2O2/c1-2-34-22(33)18-19(17-14(24)7-5-9-16(17)26)31-35-20(18)13-10-30-32(21(13)23(27,28)29)11-12-6-3-4-8-15(12)25;1-4-28-17(27)13-14(12-10(19)6-5-7-11(12)20)24-29-15(13)9(8-25(2)3)16(26)18(21,22)23;1-13(2,3)17-12(16)9-15-8-10-6-4-5-7-11(10)14;8-5-6-3-1-2-4-7(6)9;8-7-4-2-1-3-6(7)5-10-9;1-5(2,3)9-4(8)7-6/h3-10H,2,11H2,1H3;5-8H,4H2,1-3H3;4-7,15H,8-9H2,1-3H3;1-4H,5H2;1-4,10H,5,9H2;6H2,1-3H3,(H,7,8)/b;9-8-;;;;. The van der Waals surface area contributed by atoms with E-state index in [0.29, 0.717) is 39.8 Å². The van der Waals surface area contributed by atoms with Gasteiger partial charge in [-0.15, -0.1) is 0 Å². The molecule has 7 N–H and O–H groups in total. The van der Waals surface area contributed by atoms with Crippen LogP contribution in [0.5, 0.6) is 0 Å². The Morgan fingerprint density at radius 2 is 1.02 bits per heavy atom. The number of ketones is 1. The number of ether oxygens (including phenoxy) is 4. The number of esters is 3. The number of Topliss-reactive ketones (excluding diaryl/α,β-unsaturated/α-hetero) is 1. The van der Waals surface area contributed by atoms with Gasteiger partial charge < -0.3 is 38.2 Å². The number of rotatable bonds is 19. The van der Waals surface area contributed by atoms with Crippen molar-refractivity contribution in [3.05, 3.63) is 236 Å². The monoisotopic (exact) mass is 1640 g/mol. The van der Waals surface area contributed by atoms with Gasteiger partial charge in [0.15, 0.2) is 17.2 Å². The van der Waals surface area contributed by atoms with E-state index < -0.39 is 122 Å². The second kappa shape index (κ2) is 42.6. The zero-order chi connectivity index (χ0) is 81.7. The number of hydrazine groups is 2. The van der Waals surface area contributed by atoms with Crippen LogP contribution in [-0.2, 0) is 59.7 Å². The molecule has 9 rings (SSSR count). The van der Waals surface area contributed by atoms with Gasteiger partial charge in [0.1, 0.15) is 68.6 Å². The maximum absolute atomic E-state index is 14.6. The molecule has 0 unspecified atom stereocenters. The Balaban J connectivity index is 0.000000301. The second-order valence-electron chi connectivity index (χ2n) is 24.2. The summed E-state index contributed by atoms with van der Waals surface area (Å²) >= 11 is 15.2. The molecule has 0 atom stereocenters. The van der Waals surface area contributed by atoms with Crippen molar-refractivity contribution in [3.63, 3.8) is 0 Å². The quantitative estimate of drug-likeness (QED) is 0.00735. The summed E-state index contributed by atoms with van der Waals surface area (Å²) in [5, 5.41) is 14.0. The normalized spacial score (nSPS) is 11.3. The molecule has 0 fully saturated rings. The Labute approximate surface area is 636 Å². The Morgan fingerprint density at radius 3 is 1.41 bits per heavy atom. The maximum Gasteiger partial charge on any atom is 0.455 e. The number of allylic oxidation sites excluding steroid dienone is 1. The van der Waals surface area contributed by atoms with Crippen LogP contribution in [0, 0.1) is 34.9 Å². The summed E-state index contributed by atoms with van der Waals surface area (Å²) < 4.78 is 193. The van der Waals surface area contributed by atoms with Crippen molar-refractivity contribution in [1.82, 2.24) is 41.2 Å². The molecule has 0 bridgehead atoms. The Bertz CT molecular complexity index is 4500. The number of amides is 1. The third-order valence-electron chi connectivity index (χ3n) is 13.3. The number of hydrogen-bond donors (Lipinski definition) is 5. The molecule has 36 heteroatoms. The van der Waals surface area contributed by atoms with Gasteiger partial charge in [-0.05, 0) is 109 Å². The lowest BCUT2D eigenvalue weighted by Gasteiger charge is -2.19. The molecule has 0 radical (unpaired) electrons. The highest BCUT2D eigenvalue weighted by molar-refractivity contribution is 9.08. The van der Waals surface area contributed by atoms with Crippen molar-refractivity contribution in [2.75, 3.05) is 33.9 Å². The van der Waals surface area contributed by atoms with Crippen molar-refractivity contribution < 1.29 is 105 Å². The van der Waals surface area contributed by atoms with Gasteiger partial charge in [-0.1, -0.05) is 134 Å². The molecule has 1 amide bonds. The summed E-state index contributed by atoms with van der Waals surface area (Å²) in [6.45, 7) is 13.6. The molecule has 3 heterocycles. The molecule has 109 heavy (non-hydrogen) atoms. The number of nitrogens with two attached hydrogens (primary N) is 2. The van der Waals surface area contributed by atoms with Crippen molar-refractivity contribution in [2.45, 2.75) is 104 Å². The van der Waals surface area contributed by atoms with Crippen LogP contribution >= 0.6 is 39.1 Å². The minimum atomic E-state index is -5.27. The molecular formula is C73H75BrCl2F12N10O11. The smallest absolute Gasteiger partial charge is 0.455 e. The highest BCUT2D eigenvalue weighted by Gasteiger charge is 2.45. The van der Waals surface area contributed by atoms with Gasteiger partial charge in [-0.25, -0.2) is 46.6 Å². The predicted molar refractivity (Wildman–Crippen MR) is 384 cm³/mol. The fourth-order valence-corrected chi connectivity index (χ4v) is 9.86. The van der Waals surface area contributed by atoms with Crippen LogP contribution in [0.15, 0.2) is 155 Å². The third-order valence-corrected chi connectivity index (χ3v) is 14.6. The minimum absolute atomic E-state index is 0.0466. The highest BCUT2D eigenvalue weighted by Crippen LogP contribution is 2.44. The molecule has 0 spiro atoms. The first kappa shape index (κ1) is 91.3. The number of benzene rings is 6. The summed E-state index contributed by atoms with van der Waals surface area (Å²) in [5.41, 5.74) is -0.774. The number of halogens is 15. The number of alkyl halides is 7. The van der Waals surface area contributed by atoms with Crippen LogP contribution in [0.3, 0.4) is 0 Å². The molecule has 9 aromatic rings. The second-order valence-corrected chi connectivity index (χ2v) is 25.6. The van der Waals surface area contributed by atoms with E-state index in [1.165, 1.54) is 88.6 Å². The zero-order valence-electron chi connectivity index (χ0n) is 59.9. The van der Waals surface area contributed by atoms with Gasteiger partial charge in [-0.2, -0.15) is 31.4 Å². The van der Waals surface area contributed by atoms with Crippen molar-refractivity contribution in [2.24, 2.45) is 11.7 Å². The van der Waals surface area contributed by atoms with Crippen LogP contribution in [0.25, 0.3) is 39.4 Å². The molecule has 588 valence electrons. The molecule has 0 aliphatic heterocycles. The average molecular weight is 1650 g/mol. The van der Waals surface area contributed by atoms with Gasteiger partial charge >= 0.3 is 36.4 Å². The van der Waals surface area contributed by atoms with Gasteiger partial charge in [0.05, 0.1) is 64.8 Å². The number of nitrogens with zero attached hydrogens (tertiary/aromatic N) is 5. The number of carbonyl (C=O) groups excluding carboxylic acids is 5. The third kappa shape index (κ3) is 28.4. The summed E-state index contributed by atoms with van der Waals surface area (Å²) in [6.07, 6.45) is -9.25. The molecule has 0 saturated carbocycles. The van der Waals surface area contributed by atoms with Crippen LogP contribution in [0.4, 0.5) is 57.5 Å². The Morgan fingerprint density at radius 1 is 0.587 bits per heavy atom. The van der Waals surface area contributed by atoms with E-state index in [2.05, 4.69) is 42.1 Å². The number of nitrogens with one attached hydrogen (secondary N) is 3. The molecular weight excluding hydrogens is 1570 g/mol. The topological polar surface area (TPSA) is 284 Å². The van der Waals surface area contributed by atoms with E-state index >= 15 is 0 Å². The van der Waals surface area contributed by atoms with E-state index in [4.69, 9.17) is 62.9 Å². The summed E-state index contributed by atoms with van der Waals surface area (Å²) in [6, 6.07) is 32.2. The zero-order valence-corrected chi connectivity index (χ0v) is 63.0. The van der Waals surface area contributed by atoms with E-state index in [1.54, 1.807) is 69.3 Å². The van der Waals surface area contributed by atoms with E-state index in [9.17, 15) is 76.7 Å². The molecule has 0 aliphatic carbocycles. The van der Waals surface area contributed by atoms with Crippen LogP contribution in [-0.4, -0.2) is 106 Å². The highest BCUT2D eigenvalue weighted by atomic mass is 79.9. The Kier molecular flexibility index (Phi) is 35.7. The van der Waals surface area contributed by atoms with Crippen LogP contribution < -0.4 is 27.9 Å². The van der Waals surface area contributed by atoms with E-state index in [-0.39, 0.29) is 69.9 Å². The fourth-order valence-electron chi connectivity index (χ4n) is 8.90. The lowest BCUT2D eigenvalue weighted by atomic mass is 10.00. The van der Waals surface area contributed by atoms with Gasteiger partial charge in [0.25, 0.3) is 5.78 Å². The molecule has 0 aliphatic rings. The summed E-state index contributed by atoms with van der Waals surface area (Å²) in [7, 11) is 2.72. The van der Waals surface area contributed by atoms with Gasteiger partial charge in [0, 0.05) is 55.4 Å². The van der Waals surface area contributed by atoms with Crippen LogP contribution in [0.2, 0.25) is 10.0 Å². The lowest BCUT2D eigenvalue weighted by Crippen LogP contribution is -2.36. The summed E-state index contributed by atoms with van der Waals surface area (Å²) in [4.78, 5) is 60.1. The maximum atomic E-state index is 14.6. The minimum Gasteiger partial charge on any atom is -0.462 e. The van der Waals surface area contributed by atoms with E-state index in [1.807, 2.05) is 32.3 Å². The van der Waals surface area contributed by atoms with Crippen molar-refractivity contribution in [1.29, 1.82) is 0 Å². The first-order valence-electron chi connectivity index (χ1n) is 32.1. The number of aromatic nitrogens is 4. The van der Waals surface area contributed by atoms with Gasteiger partial charge in [-0.3, -0.25) is 31.0 Å². The van der Waals surface area contributed by atoms with Crippen LogP contribution in [0.1, 0.15) is 110 Å².